The van der Waals surface area contributed by atoms with Gasteiger partial charge in [0, 0.05) is 20.6 Å². The van der Waals surface area contributed by atoms with Crippen molar-refractivity contribution in [1.29, 1.82) is 0 Å². The van der Waals surface area contributed by atoms with Gasteiger partial charge in [-0.2, -0.15) is 0 Å². The van der Waals surface area contributed by atoms with E-state index < -0.39 is 83.5 Å². The van der Waals surface area contributed by atoms with Crippen molar-refractivity contribution >= 4 is 41.4 Å². The molecule has 14 heteroatoms. The fourth-order valence-electron chi connectivity index (χ4n) is 4.87. The largest absolute Gasteiger partial charge is 0.444 e. The number of alkyl carbamates (subject to hydrolysis) is 1. The monoisotopic (exact) mass is 652 g/mol. The van der Waals surface area contributed by atoms with Gasteiger partial charge in [-0.05, 0) is 58.3 Å². The molecule has 5 N–H and O–H groups in total. The smallest absolute Gasteiger partial charge is 0.408 e. The molecule has 0 aromatic rings. The lowest BCUT2D eigenvalue weighted by atomic mass is 9.89. The van der Waals surface area contributed by atoms with Crippen LogP contribution in [0.1, 0.15) is 93.9 Å². The van der Waals surface area contributed by atoms with Gasteiger partial charge in [0.25, 0.3) is 5.91 Å². The highest BCUT2D eigenvalue weighted by molar-refractivity contribution is 6.38. The van der Waals surface area contributed by atoms with Gasteiger partial charge in [0.15, 0.2) is 0 Å². The van der Waals surface area contributed by atoms with E-state index in [0.717, 1.165) is 32.1 Å². The topological polar surface area (TPSA) is 192 Å². The van der Waals surface area contributed by atoms with Gasteiger partial charge in [0.2, 0.25) is 29.4 Å². The second-order valence-corrected chi connectivity index (χ2v) is 14.0. The van der Waals surface area contributed by atoms with Gasteiger partial charge in [-0.3, -0.25) is 28.8 Å². The first kappa shape index (κ1) is 40.3. The van der Waals surface area contributed by atoms with Crippen molar-refractivity contribution in [2.45, 2.75) is 124 Å². The normalized spacial score (nSPS) is 16.3. The Morgan fingerprint density at radius 3 is 1.76 bits per heavy atom. The van der Waals surface area contributed by atoms with Crippen LogP contribution in [0.2, 0.25) is 0 Å². The van der Waals surface area contributed by atoms with Gasteiger partial charge >= 0.3 is 6.09 Å². The van der Waals surface area contributed by atoms with E-state index in [1.165, 1.54) is 25.9 Å². The zero-order valence-electron chi connectivity index (χ0n) is 29.2. The maximum atomic E-state index is 13.5. The SMILES string of the molecule is CC(NC(=O)C(CC(=O)N(C)C)NC(=O)C(NC(=O)C(NC(=O)OC(C)(C)C)C(C)C)C(C)C)C(=O)C(=O)NCC1CCCCC1. The molecule has 262 valence electrons. The lowest BCUT2D eigenvalue weighted by Crippen LogP contribution is -2.60. The minimum atomic E-state index is -1.41. The lowest BCUT2D eigenvalue weighted by molar-refractivity contribution is -0.141. The van der Waals surface area contributed by atoms with E-state index in [1.807, 2.05) is 0 Å². The molecule has 0 bridgehead atoms. The zero-order valence-corrected chi connectivity index (χ0v) is 29.2. The highest BCUT2D eigenvalue weighted by Gasteiger charge is 2.35. The molecule has 1 fully saturated rings. The third-order valence-corrected chi connectivity index (χ3v) is 7.63. The molecule has 0 aromatic heterocycles. The Morgan fingerprint density at radius 1 is 0.739 bits per heavy atom. The zero-order chi connectivity index (χ0) is 35.4. The van der Waals surface area contributed by atoms with E-state index in [0.29, 0.717) is 12.5 Å². The van der Waals surface area contributed by atoms with E-state index in [2.05, 4.69) is 26.6 Å². The number of ether oxygens (including phenoxy) is 1. The quantitative estimate of drug-likeness (QED) is 0.164. The number of ketones is 1. The van der Waals surface area contributed by atoms with Gasteiger partial charge in [-0.15, -0.1) is 0 Å². The molecule has 0 heterocycles. The first-order valence-corrected chi connectivity index (χ1v) is 16.2. The summed E-state index contributed by atoms with van der Waals surface area (Å²) in [6.07, 6.45) is 4.07. The Kier molecular flexibility index (Phi) is 16.2. The molecule has 0 aliphatic heterocycles. The molecule has 4 atom stereocenters. The summed E-state index contributed by atoms with van der Waals surface area (Å²) in [6.45, 7) is 13.6. The van der Waals surface area contributed by atoms with Crippen molar-refractivity contribution in [3.63, 3.8) is 0 Å². The Balaban J connectivity index is 3.01. The number of nitrogens with one attached hydrogen (secondary N) is 5. The molecular weight excluding hydrogens is 596 g/mol. The minimum Gasteiger partial charge on any atom is -0.444 e. The van der Waals surface area contributed by atoms with Crippen LogP contribution in [0.5, 0.6) is 0 Å². The summed E-state index contributed by atoms with van der Waals surface area (Å²) in [5.41, 5.74) is -0.789. The number of Topliss-reactive ketones (excluding diaryl/α,β-unsaturated/α-hetero) is 1. The van der Waals surface area contributed by atoms with Crippen molar-refractivity contribution in [3.05, 3.63) is 0 Å². The Morgan fingerprint density at radius 2 is 1.26 bits per heavy atom. The van der Waals surface area contributed by atoms with E-state index in [9.17, 15) is 33.6 Å². The number of amides is 6. The van der Waals surface area contributed by atoms with Crippen LogP contribution in [0, 0.1) is 17.8 Å². The Hall–Kier alpha value is -3.71. The molecule has 1 aliphatic carbocycles. The van der Waals surface area contributed by atoms with Crippen LogP contribution >= 0.6 is 0 Å². The number of carbonyl (C=O) groups is 7. The summed E-state index contributed by atoms with van der Waals surface area (Å²) < 4.78 is 5.27. The third kappa shape index (κ3) is 14.2. The maximum absolute atomic E-state index is 13.5. The summed E-state index contributed by atoms with van der Waals surface area (Å²) >= 11 is 0. The number of rotatable bonds is 15. The maximum Gasteiger partial charge on any atom is 0.408 e. The summed E-state index contributed by atoms with van der Waals surface area (Å²) in [7, 11) is 2.98. The molecule has 0 aromatic carbocycles. The van der Waals surface area contributed by atoms with Crippen molar-refractivity contribution < 1.29 is 38.3 Å². The molecule has 1 aliphatic rings. The lowest BCUT2D eigenvalue weighted by Gasteiger charge is -2.29. The predicted octanol–water partition coefficient (Wildman–Crippen LogP) is 1.41. The van der Waals surface area contributed by atoms with Crippen LogP contribution in [0.4, 0.5) is 4.79 Å². The van der Waals surface area contributed by atoms with E-state index in [-0.39, 0.29) is 5.92 Å². The van der Waals surface area contributed by atoms with Crippen LogP contribution in [-0.2, 0) is 33.5 Å². The molecule has 6 amide bonds. The second-order valence-electron chi connectivity index (χ2n) is 14.0. The van der Waals surface area contributed by atoms with Crippen LogP contribution in [0.25, 0.3) is 0 Å². The summed E-state index contributed by atoms with van der Waals surface area (Å²) in [6, 6.07) is -4.82. The van der Waals surface area contributed by atoms with Crippen molar-refractivity contribution in [2.75, 3.05) is 20.6 Å². The fraction of sp³-hybridized carbons (Fsp3) is 0.781. The van der Waals surface area contributed by atoms with Gasteiger partial charge in [0.1, 0.15) is 23.7 Å². The summed E-state index contributed by atoms with van der Waals surface area (Å²) in [4.78, 5) is 91.5. The Labute approximate surface area is 273 Å². The van der Waals surface area contributed by atoms with Gasteiger partial charge in [-0.25, -0.2) is 4.79 Å². The predicted molar refractivity (Wildman–Crippen MR) is 172 cm³/mol. The van der Waals surface area contributed by atoms with Crippen molar-refractivity contribution in [2.24, 2.45) is 17.8 Å². The standard InChI is InChI=1S/C32H56N6O8/c1-18(2)24(36-29(43)25(19(3)4)37-31(45)46-32(6,7)8)28(42)35-22(16-23(39)38(9)10)27(41)34-20(5)26(40)30(44)33-17-21-14-12-11-13-15-21/h18-22,24-25H,11-17H2,1-10H3,(H,33,44)(H,34,41)(H,35,42)(H,36,43)(H,37,45). The molecule has 4 unspecified atom stereocenters. The minimum absolute atomic E-state index is 0.310. The van der Waals surface area contributed by atoms with Crippen LogP contribution in [0.3, 0.4) is 0 Å². The van der Waals surface area contributed by atoms with E-state index in [1.54, 1.807) is 48.5 Å². The molecular formula is C32H56N6O8. The van der Waals surface area contributed by atoms with E-state index in [4.69, 9.17) is 4.74 Å². The first-order chi connectivity index (χ1) is 21.2. The highest BCUT2D eigenvalue weighted by Crippen LogP contribution is 2.22. The van der Waals surface area contributed by atoms with Gasteiger partial charge in [0.05, 0.1) is 12.5 Å². The van der Waals surface area contributed by atoms with E-state index >= 15 is 0 Å². The average molecular weight is 653 g/mol. The van der Waals surface area contributed by atoms with Crippen LogP contribution in [0.15, 0.2) is 0 Å². The van der Waals surface area contributed by atoms with Crippen molar-refractivity contribution in [3.8, 4) is 0 Å². The molecule has 46 heavy (non-hydrogen) atoms. The fourth-order valence-corrected chi connectivity index (χ4v) is 4.87. The summed E-state index contributed by atoms with van der Waals surface area (Å²) in [5.74, 6) is -4.88. The summed E-state index contributed by atoms with van der Waals surface area (Å²) in [5, 5.41) is 12.8. The molecule has 1 rings (SSSR count). The number of carbonyl (C=O) groups excluding carboxylic acids is 7. The van der Waals surface area contributed by atoms with Crippen LogP contribution in [-0.4, -0.2) is 96.7 Å². The molecule has 0 spiro atoms. The molecule has 0 saturated heterocycles. The molecule has 1 saturated carbocycles. The number of hydrogen-bond donors (Lipinski definition) is 5. The average Bonchev–Trinajstić information content (AvgIpc) is 2.95. The van der Waals surface area contributed by atoms with Crippen LogP contribution < -0.4 is 26.6 Å². The second kappa shape index (κ2) is 18.4. The van der Waals surface area contributed by atoms with Gasteiger partial charge < -0.3 is 36.2 Å². The first-order valence-electron chi connectivity index (χ1n) is 16.2. The molecule has 14 nitrogen and oxygen atoms in total. The third-order valence-electron chi connectivity index (χ3n) is 7.63. The number of nitrogens with zero attached hydrogens (tertiary/aromatic N) is 1. The van der Waals surface area contributed by atoms with Crippen molar-refractivity contribution in [1.82, 2.24) is 31.5 Å². The Bertz CT molecular complexity index is 1090. The molecule has 0 radical (unpaired) electrons. The number of hydrogen-bond acceptors (Lipinski definition) is 8. The van der Waals surface area contributed by atoms with Gasteiger partial charge in [-0.1, -0.05) is 47.0 Å². The highest BCUT2D eigenvalue weighted by atomic mass is 16.6.